The Morgan fingerprint density at radius 1 is 1.08 bits per heavy atom. The molecule has 1 unspecified atom stereocenters. The van der Waals surface area contributed by atoms with Gasteiger partial charge in [-0.1, -0.05) is 61.9 Å². The van der Waals surface area contributed by atoms with Crippen LogP contribution in [0.25, 0.3) is 10.2 Å². The van der Waals surface area contributed by atoms with Gasteiger partial charge in [0, 0.05) is 5.56 Å². The maximum absolute atomic E-state index is 14.0. The fraction of sp³-hybridized carbons (Fsp3) is 0.345. The van der Waals surface area contributed by atoms with Crippen LogP contribution in [0.5, 0.6) is 0 Å². The van der Waals surface area contributed by atoms with Gasteiger partial charge in [0.1, 0.15) is 10.7 Å². The third-order valence-corrected chi connectivity index (χ3v) is 7.27. The Labute approximate surface area is 221 Å². The van der Waals surface area contributed by atoms with Crippen molar-refractivity contribution in [3.8, 4) is 0 Å². The van der Waals surface area contributed by atoms with Crippen molar-refractivity contribution < 1.29 is 9.44 Å². The highest BCUT2D eigenvalue weighted by Crippen LogP contribution is 2.31. The lowest BCUT2D eigenvalue weighted by molar-refractivity contribution is -0.839. The summed E-state index contributed by atoms with van der Waals surface area (Å²) in [4.78, 5) is 35.1. The van der Waals surface area contributed by atoms with E-state index in [1.165, 1.54) is 11.3 Å². The highest BCUT2D eigenvalue weighted by molar-refractivity contribution is 7.16. The molecule has 0 saturated heterocycles. The third-order valence-electron chi connectivity index (χ3n) is 6.47. The maximum atomic E-state index is 14.0. The predicted molar refractivity (Wildman–Crippen MR) is 150 cm³/mol. The number of aryl methyl sites for hydroxylation is 1. The molecular formula is C29H34N4O3S. The van der Waals surface area contributed by atoms with Crippen molar-refractivity contribution in [1.29, 1.82) is 0 Å². The average molecular weight is 519 g/mol. The number of benzene rings is 2. The van der Waals surface area contributed by atoms with Crippen LogP contribution in [0.4, 0.5) is 0 Å². The molecule has 0 fully saturated rings. The number of thiophene rings is 1. The number of amides is 1. The summed E-state index contributed by atoms with van der Waals surface area (Å²) >= 11 is 1.41. The summed E-state index contributed by atoms with van der Waals surface area (Å²) in [6, 6.07) is 18.5. The smallest absolute Gasteiger partial charge is 0.262 e. The number of hydrogen-bond acceptors (Lipinski definition) is 5. The Morgan fingerprint density at radius 2 is 1.76 bits per heavy atom. The van der Waals surface area contributed by atoms with E-state index in [2.05, 4.69) is 0 Å². The van der Waals surface area contributed by atoms with E-state index < -0.39 is 10.7 Å². The molecule has 8 heteroatoms. The van der Waals surface area contributed by atoms with Gasteiger partial charge in [0.05, 0.1) is 45.2 Å². The summed E-state index contributed by atoms with van der Waals surface area (Å²) in [6.45, 7) is 6.81. The number of likely N-dealkylation sites (N-methyl/N-ethyl adjacent to an activating group) is 1. The minimum atomic E-state index is -0.531. The van der Waals surface area contributed by atoms with Crippen LogP contribution in [0.3, 0.4) is 0 Å². The van der Waals surface area contributed by atoms with Crippen molar-refractivity contribution in [1.82, 2.24) is 14.5 Å². The lowest BCUT2D eigenvalue weighted by Crippen LogP contribution is -2.47. The van der Waals surface area contributed by atoms with Crippen molar-refractivity contribution in [2.24, 2.45) is 5.92 Å². The van der Waals surface area contributed by atoms with Crippen molar-refractivity contribution in [3.63, 3.8) is 0 Å². The molecule has 4 aromatic rings. The molecule has 1 atom stereocenters. The molecule has 0 aliphatic heterocycles. The third kappa shape index (κ3) is 6.15. The SMILES string of the molecule is Cc1ccc(C(=O)N(CC[N+](C)(C)[O-])C(c2nc3sccc3c(=O)n2Cc2ccccc2)C(C)C)cc1. The first-order valence-electron chi connectivity index (χ1n) is 12.5. The van der Waals surface area contributed by atoms with Gasteiger partial charge < -0.3 is 14.8 Å². The predicted octanol–water partition coefficient (Wildman–Crippen LogP) is 5.23. The second-order valence-corrected chi connectivity index (χ2v) is 11.2. The van der Waals surface area contributed by atoms with Crippen LogP contribution in [0.2, 0.25) is 0 Å². The van der Waals surface area contributed by atoms with Gasteiger partial charge in [-0.2, -0.15) is 0 Å². The fourth-order valence-electron chi connectivity index (χ4n) is 4.48. The second-order valence-electron chi connectivity index (χ2n) is 10.3. The maximum Gasteiger partial charge on any atom is 0.262 e. The molecule has 0 aliphatic carbocycles. The molecule has 7 nitrogen and oxygen atoms in total. The zero-order valence-electron chi connectivity index (χ0n) is 22.0. The van der Waals surface area contributed by atoms with Gasteiger partial charge in [0.2, 0.25) is 0 Å². The number of hydrogen-bond donors (Lipinski definition) is 0. The monoisotopic (exact) mass is 518 g/mol. The van der Waals surface area contributed by atoms with Crippen molar-refractivity contribution in [2.75, 3.05) is 27.2 Å². The Morgan fingerprint density at radius 3 is 2.38 bits per heavy atom. The molecule has 1 amide bonds. The Hall–Kier alpha value is -3.33. The van der Waals surface area contributed by atoms with Crippen LogP contribution in [-0.4, -0.2) is 52.2 Å². The van der Waals surface area contributed by atoms with E-state index in [-0.39, 0.29) is 30.5 Å². The van der Waals surface area contributed by atoms with Gasteiger partial charge in [0.25, 0.3) is 11.5 Å². The van der Waals surface area contributed by atoms with Crippen molar-refractivity contribution in [3.05, 3.63) is 104 Å². The number of aromatic nitrogens is 2. The summed E-state index contributed by atoms with van der Waals surface area (Å²) < 4.78 is 1.17. The highest BCUT2D eigenvalue weighted by Gasteiger charge is 2.33. The topological polar surface area (TPSA) is 78.3 Å². The molecule has 2 heterocycles. The molecule has 194 valence electrons. The van der Waals surface area contributed by atoms with Gasteiger partial charge >= 0.3 is 0 Å². The van der Waals surface area contributed by atoms with Gasteiger partial charge in [0.15, 0.2) is 0 Å². The Balaban J connectivity index is 1.89. The number of carbonyl (C=O) groups excluding carboxylic acids is 1. The molecule has 37 heavy (non-hydrogen) atoms. The average Bonchev–Trinajstić information content (AvgIpc) is 3.32. The largest absolute Gasteiger partial charge is 0.633 e. The number of nitrogens with zero attached hydrogens (tertiary/aromatic N) is 4. The summed E-state index contributed by atoms with van der Waals surface area (Å²) in [7, 11) is 3.14. The van der Waals surface area contributed by atoms with E-state index in [0.717, 1.165) is 11.1 Å². The molecular weight excluding hydrogens is 484 g/mol. The molecule has 0 radical (unpaired) electrons. The van der Waals surface area contributed by atoms with E-state index in [9.17, 15) is 14.8 Å². The minimum Gasteiger partial charge on any atom is -0.633 e. The zero-order chi connectivity index (χ0) is 26.7. The second kappa shape index (κ2) is 11.0. The van der Waals surface area contributed by atoms with Gasteiger partial charge in [-0.15, -0.1) is 11.3 Å². The zero-order valence-corrected chi connectivity index (χ0v) is 22.9. The van der Waals surface area contributed by atoms with E-state index in [1.807, 2.05) is 80.7 Å². The highest BCUT2D eigenvalue weighted by atomic mass is 32.1. The first-order chi connectivity index (χ1) is 17.5. The summed E-state index contributed by atoms with van der Waals surface area (Å²) in [6.07, 6.45) is 0. The molecule has 4 rings (SSSR count). The molecule has 0 saturated carbocycles. The molecule has 0 spiro atoms. The van der Waals surface area contributed by atoms with E-state index in [0.29, 0.717) is 28.1 Å². The quantitative estimate of drug-likeness (QED) is 0.225. The van der Waals surface area contributed by atoms with Crippen LogP contribution in [0.1, 0.15) is 47.2 Å². The van der Waals surface area contributed by atoms with Crippen molar-refractivity contribution in [2.45, 2.75) is 33.4 Å². The molecule has 0 aliphatic rings. The first-order valence-corrected chi connectivity index (χ1v) is 13.4. The van der Waals surface area contributed by atoms with Crippen LogP contribution >= 0.6 is 11.3 Å². The minimum absolute atomic E-state index is 0.0667. The summed E-state index contributed by atoms with van der Waals surface area (Å²) in [5.41, 5.74) is 2.45. The Kier molecular flexibility index (Phi) is 7.92. The van der Waals surface area contributed by atoms with Crippen LogP contribution in [-0.2, 0) is 6.54 Å². The Bertz CT molecular complexity index is 1420. The standard InChI is InChI=1S/C29H34N4O3S/c1-20(2)25(31(16-17-33(4,5)36)28(34)23-13-11-21(3)12-14-23)26-30-27-24(15-18-37-27)29(35)32(26)19-22-9-7-6-8-10-22/h6-15,18,20,25H,16-17,19H2,1-5H3. The molecule has 0 bridgehead atoms. The number of carbonyl (C=O) groups is 1. The van der Waals surface area contributed by atoms with Crippen LogP contribution < -0.4 is 5.56 Å². The van der Waals surface area contributed by atoms with Crippen molar-refractivity contribution >= 4 is 27.5 Å². The fourth-order valence-corrected chi connectivity index (χ4v) is 5.25. The summed E-state index contributed by atoms with van der Waals surface area (Å²) in [5.74, 6) is 0.289. The lowest BCUT2D eigenvalue weighted by atomic mass is 9.99. The molecule has 2 aromatic carbocycles. The lowest BCUT2D eigenvalue weighted by Gasteiger charge is -2.39. The molecule has 0 N–H and O–H groups in total. The first kappa shape index (κ1) is 26.7. The number of rotatable bonds is 9. The van der Waals surface area contributed by atoms with E-state index in [1.54, 1.807) is 29.6 Å². The van der Waals surface area contributed by atoms with Crippen LogP contribution in [0.15, 0.2) is 70.8 Å². The molecule has 2 aromatic heterocycles. The normalized spacial score (nSPS) is 12.7. The van der Waals surface area contributed by atoms with Gasteiger partial charge in [-0.3, -0.25) is 14.2 Å². The number of fused-ring (bicyclic) bond motifs is 1. The van der Waals surface area contributed by atoms with Gasteiger partial charge in [-0.25, -0.2) is 4.98 Å². The van der Waals surface area contributed by atoms with Gasteiger partial charge in [-0.05, 0) is 42.0 Å². The van der Waals surface area contributed by atoms with E-state index in [4.69, 9.17) is 4.98 Å². The number of quaternary nitrogens is 1. The number of hydroxylamine groups is 3. The van der Waals surface area contributed by atoms with Crippen LogP contribution in [0, 0.1) is 18.0 Å². The van der Waals surface area contributed by atoms with E-state index >= 15 is 0 Å². The summed E-state index contributed by atoms with van der Waals surface area (Å²) in [5, 5.41) is 15.0.